The minimum atomic E-state index is 0.107. The Hall–Kier alpha value is -2.12. The second-order valence-corrected chi connectivity index (χ2v) is 8.39. The van der Waals surface area contributed by atoms with Crippen molar-refractivity contribution in [3.8, 4) is 0 Å². The molecule has 0 aromatic heterocycles. The number of amides is 1. The van der Waals surface area contributed by atoms with E-state index in [1.54, 1.807) is 0 Å². The van der Waals surface area contributed by atoms with Crippen LogP contribution < -0.4 is 10.6 Å². The number of aliphatic imine (C=N–C) groups is 1. The van der Waals surface area contributed by atoms with Crippen molar-refractivity contribution in [2.24, 2.45) is 10.9 Å². The van der Waals surface area contributed by atoms with Crippen molar-refractivity contribution in [2.75, 3.05) is 38.2 Å². The van der Waals surface area contributed by atoms with Crippen LogP contribution in [0.4, 0.5) is 5.69 Å². The van der Waals surface area contributed by atoms with Crippen molar-refractivity contribution in [3.63, 3.8) is 0 Å². The molecule has 2 aliphatic heterocycles. The molecule has 1 aromatic carbocycles. The highest BCUT2D eigenvalue weighted by Gasteiger charge is 2.32. The normalized spacial score (nSPS) is 25.1. The molecule has 1 aromatic rings. The number of carbonyl (C=O) groups excluding carboxylic acids is 1. The van der Waals surface area contributed by atoms with E-state index in [2.05, 4.69) is 28.5 Å². The predicted octanol–water partition coefficient (Wildman–Crippen LogP) is 2.77. The van der Waals surface area contributed by atoms with Crippen molar-refractivity contribution >= 4 is 17.6 Å². The van der Waals surface area contributed by atoms with Gasteiger partial charge in [-0.05, 0) is 50.3 Å². The number of rotatable bonds is 6. The number of benzene rings is 1. The van der Waals surface area contributed by atoms with E-state index in [9.17, 15) is 4.79 Å². The fourth-order valence-corrected chi connectivity index (χ4v) is 4.24. The third-order valence-electron chi connectivity index (χ3n) is 6.19. The number of hydrogen-bond acceptors (Lipinski definition) is 4. The first-order valence-electron chi connectivity index (χ1n) is 11.4. The zero-order chi connectivity index (χ0) is 20.8. The van der Waals surface area contributed by atoms with Crippen molar-refractivity contribution in [3.05, 3.63) is 29.8 Å². The molecule has 4 rings (SSSR count). The number of guanidine groups is 1. The molecule has 2 N–H and O–H groups in total. The fraction of sp³-hybridized carbons (Fsp3) is 0.652. The summed E-state index contributed by atoms with van der Waals surface area (Å²) in [5.74, 6) is 1.24. The number of ether oxygens (including phenoxy) is 2. The molecule has 2 unspecified atom stereocenters. The Bertz CT molecular complexity index is 744. The minimum Gasteiger partial charge on any atom is -0.375 e. The Morgan fingerprint density at radius 2 is 2.03 bits per heavy atom. The smallest absolute Gasteiger partial charge is 0.227 e. The molecule has 1 saturated carbocycles. The molecule has 3 fully saturated rings. The van der Waals surface area contributed by atoms with Crippen molar-refractivity contribution in [1.82, 2.24) is 10.2 Å². The van der Waals surface area contributed by atoms with Crippen LogP contribution in [0.2, 0.25) is 0 Å². The lowest BCUT2D eigenvalue weighted by Crippen LogP contribution is -2.53. The Morgan fingerprint density at radius 1 is 1.17 bits per heavy atom. The molecule has 2 atom stereocenters. The maximum Gasteiger partial charge on any atom is 0.227 e. The van der Waals surface area contributed by atoms with Crippen LogP contribution in [0.5, 0.6) is 0 Å². The number of carbonyl (C=O) groups is 1. The third-order valence-corrected chi connectivity index (χ3v) is 6.19. The summed E-state index contributed by atoms with van der Waals surface area (Å²) in [5, 5.41) is 6.47. The monoisotopic (exact) mass is 414 g/mol. The minimum absolute atomic E-state index is 0.107. The average molecular weight is 415 g/mol. The number of morpholine rings is 1. The number of anilines is 1. The van der Waals surface area contributed by atoms with Crippen LogP contribution in [-0.4, -0.2) is 61.8 Å². The summed E-state index contributed by atoms with van der Waals surface area (Å²) in [6.07, 6.45) is 5.68. The molecule has 3 aliphatic rings. The van der Waals surface area contributed by atoms with Crippen LogP contribution in [0.15, 0.2) is 29.3 Å². The lowest BCUT2D eigenvalue weighted by atomic mass is 9.85. The van der Waals surface area contributed by atoms with E-state index in [4.69, 9.17) is 14.5 Å². The van der Waals surface area contributed by atoms with Gasteiger partial charge in [0.25, 0.3) is 0 Å². The molecule has 164 valence electrons. The molecule has 1 aliphatic carbocycles. The van der Waals surface area contributed by atoms with Crippen molar-refractivity contribution < 1.29 is 14.3 Å². The molecule has 2 heterocycles. The van der Waals surface area contributed by atoms with Crippen LogP contribution in [0.1, 0.15) is 44.6 Å². The van der Waals surface area contributed by atoms with Gasteiger partial charge < -0.3 is 25.0 Å². The van der Waals surface area contributed by atoms with E-state index < -0.39 is 0 Å². The summed E-state index contributed by atoms with van der Waals surface area (Å²) >= 11 is 0. The van der Waals surface area contributed by atoms with Crippen molar-refractivity contribution in [2.45, 2.75) is 57.8 Å². The molecule has 2 saturated heterocycles. The summed E-state index contributed by atoms with van der Waals surface area (Å²) in [7, 11) is 0. The van der Waals surface area contributed by atoms with Gasteiger partial charge in [0.05, 0.1) is 19.3 Å². The topological polar surface area (TPSA) is 75.2 Å². The van der Waals surface area contributed by atoms with Gasteiger partial charge >= 0.3 is 0 Å². The lowest BCUT2D eigenvalue weighted by Gasteiger charge is -2.37. The largest absolute Gasteiger partial charge is 0.375 e. The Kier molecular flexibility index (Phi) is 7.23. The van der Waals surface area contributed by atoms with E-state index in [0.29, 0.717) is 13.2 Å². The van der Waals surface area contributed by atoms with Gasteiger partial charge in [-0.1, -0.05) is 18.6 Å². The Labute approximate surface area is 179 Å². The first-order valence-corrected chi connectivity index (χ1v) is 11.4. The standard InChI is InChI=1S/C23H34N4O3/c1-2-24-23(27-11-13-30-21(16-27)20-10-5-12-29-20)25-15-17-6-3-9-19(14-17)26-22(28)18-7-4-8-18/h3,6,9,14,18,20-21H,2,4-5,7-8,10-13,15-16H2,1H3,(H,24,25)(H,26,28). The molecule has 7 nitrogen and oxygen atoms in total. The van der Waals surface area contributed by atoms with Gasteiger partial charge in [0.15, 0.2) is 5.96 Å². The average Bonchev–Trinajstić information content (AvgIpc) is 3.25. The highest BCUT2D eigenvalue weighted by molar-refractivity contribution is 5.93. The van der Waals surface area contributed by atoms with Gasteiger partial charge in [-0.2, -0.15) is 0 Å². The number of hydrogen-bond donors (Lipinski definition) is 2. The van der Waals surface area contributed by atoms with Crippen LogP contribution in [0.25, 0.3) is 0 Å². The second kappa shape index (κ2) is 10.3. The Balaban J connectivity index is 1.38. The Morgan fingerprint density at radius 3 is 2.77 bits per heavy atom. The van der Waals surface area contributed by atoms with E-state index in [1.165, 1.54) is 0 Å². The molecular weight excluding hydrogens is 380 g/mol. The van der Waals surface area contributed by atoms with Crippen LogP contribution in [-0.2, 0) is 20.8 Å². The molecule has 0 bridgehead atoms. The van der Waals surface area contributed by atoms with Gasteiger partial charge in [0.1, 0.15) is 6.10 Å². The van der Waals surface area contributed by atoms with Gasteiger partial charge in [0, 0.05) is 37.8 Å². The molecule has 1 amide bonds. The summed E-state index contributed by atoms with van der Waals surface area (Å²) < 4.78 is 11.8. The highest BCUT2D eigenvalue weighted by atomic mass is 16.5. The van der Waals surface area contributed by atoms with Gasteiger partial charge in [-0.25, -0.2) is 4.99 Å². The quantitative estimate of drug-likeness (QED) is 0.553. The summed E-state index contributed by atoms with van der Waals surface area (Å²) in [6.45, 7) is 6.63. The van der Waals surface area contributed by atoms with Crippen LogP contribution in [0, 0.1) is 5.92 Å². The zero-order valence-corrected chi connectivity index (χ0v) is 17.9. The second-order valence-electron chi connectivity index (χ2n) is 8.39. The summed E-state index contributed by atoms with van der Waals surface area (Å²) in [5.41, 5.74) is 1.94. The zero-order valence-electron chi connectivity index (χ0n) is 17.9. The van der Waals surface area contributed by atoms with Gasteiger partial charge in [-0.15, -0.1) is 0 Å². The van der Waals surface area contributed by atoms with Gasteiger partial charge in [0.2, 0.25) is 5.91 Å². The highest BCUT2D eigenvalue weighted by Crippen LogP contribution is 2.27. The molecule has 0 radical (unpaired) electrons. The predicted molar refractivity (Wildman–Crippen MR) is 118 cm³/mol. The first kappa shape index (κ1) is 21.1. The molecule has 0 spiro atoms. The molecular formula is C23H34N4O3. The maximum atomic E-state index is 12.2. The third kappa shape index (κ3) is 5.32. The molecule has 30 heavy (non-hydrogen) atoms. The number of nitrogens with one attached hydrogen (secondary N) is 2. The van der Waals surface area contributed by atoms with Gasteiger partial charge in [-0.3, -0.25) is 4.79 Å². The van der Waals surface area contributed by atoms with E-state index in [0.717, 1.165) is 75.6 Å². The SMILES string of the molecule is CCNC(=NCc1cccc(NC(=O)C2CCC2)c1)N1CCOC(C2CCCO2)C1. The van der Waals surface area contributed by atoms with E-state index in [-0.39, 0.29) is 24.0 Å². The summed E-state index contributed by atoms with van der Waals surface area (Å²) in [4.78, 5) is 19.4. The maximum absolute atomic E-state index is 12.2. The number of nitrogens with zero attached hydrogens (tertiary/aromatic N) is 2. The lowest BCUT2D eigenvalue weighted by molar-refractivity contribution is -0.122. The van der Waals surface area contributed by atoms with E-state index in [1.807, 2.05) is 18.2 Å². The fourth-order valence-electron chi connectivity index (χ4n) is 4.24. The first-order chi connectivity index (χ1) is 14.7. The van der Waals surface area contributed by atoms with E-state index >= 15 is 0 Å². The summed E-state index contributed by atoms with van der Waals surface area (Å²) in [6, 6.07) is 8.01. The van der Waals surface area contributed by atoms with Crippen molar-refractivity contribution in [1.29, 1.82) is 0 Å². The van der Waals surface area contributed by atoms with Crippen LogP contribution in [0.3, 0.4) is 0 Å². The molecule has 7 heteroatoms. The van der Waals surface area contributed by atoms with Crippen LogP contribution >= 0.6 is 0 Å².